The zero-order chi connectivity index (χ0) is 17.7. The molecule has 0 aliphatic carbocycles. The topological polar surface area (TPSA) is 90.4 Å². The third kappa shape index (κ3) is 4.74. The van der Waals surface area contributed by atoms with Crippen LogP contribution < -0.4 is 14.2 Å². The van der Waals surface area contributed by atoms with Gasteiger partial charge < -0.3 is 9.47 Å². The van der Waals surface area contributed by atoms with Crippen LogP contribution in [0, 0.1) is 5.92 Å². The highest BCUT2D eigenvalue weighted by Gasteiger charge is 2.19. The molecule has 1 N–H and O–H groups in total. The van der Waals surface area contributed by atoms with Gasteiger partial charge in [-0.05, 0) is 18.1 Å². The lowest BCUT2D eigenvalue weighted by atomic mass is 10.3. The van der Waals surface area contributed by atoms with Crippen LogP contribution in [0.3, 0.4) is 0 Å². The Hall–Kier alpha value is -1.52. The smallest absolute Gasteiger partial charge is 0.263 e. The van der Waals surface area contributed by atoms with Crippen molar-refractivity contribution in [3.05, 3.63) is 18.2 Å². The molecule has 0 bridgehead atoms. The van der Waals surface area contributed by atoms with Gasteiger partial charge in [-0.25, -0.2) is 8.42 Å². The fourth-order valence-electron chi connectivity index (χ4n) is 1.70. The van der Waals surface area contributed by atoms with Crippen LogP contribution >= 0.6 is 23.1 Å². The fraction of sp³-hybridized carbons (Fsp3) is 0.429. The predicted octanol–water partition coefficient (Wildman–Crippen LogP) is 3.10. The summed E-state index contributed by atoms with van der Waals surface area (Å²) in [7, 11) is -0.839. The number of rotatable bonds is 8. The molecule has 1 aromatic carbocycles. The minimum atomic E-state index is -3.78. The monoisotopic (exact) mass is 389 g/mol. The number of hydrogen-bond acceptors (Lipinski definition) is 8. The van der Waals surface area contributed by atoms with Gasteiger partial charge in [0.15, 0.2) is 15.8 Å². The maximum absolute atomic E-state index is 12.5. The molecule has 0 radical (unpaired) electrons. The van der Waals surface area contributed by atoms with Crippen molar-refractivity contribution in [2.75, 3.05) is 24.7 Å². The molecular formula is C14H19N3O4S3. The molecule has 1 heterocycles. The summed E-state index contributed by atoms with van der Waals surface area (Å²) in [6.07, 6.45) is 0. The summed E-state index contributed by atoms with van der Waals surface area (Å²) in [4.78, 5) is 0.0618. The highest BCUT2D eigenvalue weighted by atomic mass is 32.2. The fourth-order valence-corrected chi connectivity index (χ4v) is 4.68. The molecule has 1 aromatic heterocycles. The number of sulfonamides is 1. The molecule has 2 rings (SSSR count). The summed E-state index contributed by atoms with van der Waals surface area (Å²) in [5.74, 6) is 2.22. The average molecular weight is 390 g/mol. The summed E-state index contributed by atoms with van der Waals surface area (Å²) >= 11 is 2.76. The van der Waals surface area contributed by atoms with E-state index in [0.717, 1.165) is 10.1 Å². The van der Waals surface area contributed by atoms with Crippen molar-refractivity contribution in [1.82, 2.24) is 10.2 Å². The number of ether oxygens (including phenoxy) is 2. The highest BCUT2D eigenvalue weighted by Crippen LogP contribution is 2.31. The zero-order valence-electron chi connectivity index (χ0n) is 13.8. The average Bonchev–Trinajstić information content (AvgIpc) is 2.98. The van der Waals surface area contributed by atoms with Gasteiger partial charge in [0.1, 0.15) is 0 Å². The molecule has 0 saturated heterocycles. The minimum Gasteiger partial charge on any atom is -0.493 e. The third-order valence-corrected chi connectivity index (χ3v) is 6.70. The molecule has 0 aliphatic rings. The Labute approximate surface area is 149 Å². The minimum absolute atomic E-state index is 0.0618. The Balaban J connectivity index is 2.16. The Morgan fingerprint density at radius 3 is 2.54 bits per heavy atom. The van der Waals surface area contributed by atoms with Crippen molar-refractivity contribution in [3.63, 3.8) is 0 Å². The summed E-state index contributed by atoms with van der Waals surface area (Å²) in [6, 6.07) is 4.38. The Bertz CT molecular complexity index is 790. The number of nitrogens with zero attached hydrogens (tertiary/aromatic N) is 2. The van der Waals surface area contributed by atoms with Crippen LogP contribution in [0.5, 0.6) is 11.5 Å². The van der Waals surface area contributed by atoms with Crippen LogP contribution in [0.25, 0.3) is 0 Å². The molecule has 0 atom stereocenters. The van der Waals surface area contributed by atoms with Crippen LogP contribution in [0.2, 0.25) is 0 Å². The first-order chi connectivity index (χ1) is 11.4. The van der Waals surface area contributed by atoms with Gasteiger partial charge in [0, 0.05) is 11.8 Å². The number of anilines is 1. The summed E-state index contributed by atoms with van der Waals surface area (Å²) < 4.78 is 38.4. The first kappa shape index (κ1) is 18.8. The lowest BCUT2D eigenvalue weighted by molar-refractivity contribution is 0.354. The number of aromatic nitrogens is 2. The van der Waals surface area contributed by atoms with E-state index in [1.165, 1.54) is 43.8 Å². The lowest BCUT2D eigenvalue weighted by Crippen LogP contribution is -2.13. The summed E-state index contributed by atoms with van der Waals surface area (Å²) in [6.45, 7) is 4.21. The van der Waals surface area contributed by atoms with Crippen molar-refractivity contribution in [1.29, 1.82) is 0 Å². The van der Waals surface area contributed by atoms with Crippen LogP contribution in [0.1, 0.15) is 13.8 Å². The number of hydrogen-bond donors (Lipinski definition) is 1. The molecule has 0 saturated carbocycles. The second kappa shape index (κ2) is 8.04. The van der Waals surface area contributed by atoms with Crippen LogP contribution in [0.4, 0.5) is 5.13 Å². The van der Waals surface area contributed by atoms with E-state index in [4.69, 9.17) is 9.47 Å². The lowest BCUT2D eigenvalue weighted by Gasteiger charge is -2.10. The Morgan fingerprint density at radius 2 is 1.92 bits per heavy atom. The van der Waals surface area contributed by atoms with E-state index >= 15 is 0 Å². The van der Waals surface area contributed by atoms with Gasteiger partial charge >= 0.3 is 0 Å². The van der Waals surface area contributed by atoms with E-state index in [-0.39, 0.29) is 10.0 Å². The van der Waals surface area contributed by atoms with Crippen molar-refractivity contribution >= 4 is 38.3 Å². The SMILES string of the molecule is COc1ccc(S(=O)(=O)Nc2nnc(SCC(C)C)s2)cc1OC. The van der Waals surface area contributed by atoms with Crippen molar-refractivity contribution in [2.24, 2.45) is 5.92 Å². The molecule has 0 fully saturated rings. The standard InChI is InChI=1S/C14H19N3O4S3/c1-9(2)8-22-14-16-15-13(23-14)17-24(18,19)10-5-6-11(20-3)12(7-10)21-4/h5-7,9H,8H2,1-4H3,(H,15,17). The van der Waals surface area contributed by atoms with Gasteiger partial charge in [0.05, 0.1) is 19.1 Å². The second-order valence-electron chi connectivity index (χ2n) is 5.20. The number of thioether (sulfide) groups is 1. The Kier molecular flexibility index (Phi) is 6.30. The van der Waals surface area contributed by atoms with Gasteiger partial charge in [-0.1, -0.05) is 36.9 Å². The molecule has 7 nitrogen and oxygen atoms in total. The third-order valence-electron chi connectivity index (χ3n) is 2.83. The molecule has 2 aromatic rings. The Morgan fingerprint density at radius 1 is 1.21 bits per heavy atom. The van der Waals surface area contributed by atoms with Crippen LogP contribution in [-0.4, -0.2) is 38.6 Å². The van der Waals surface area contributed by atoms with Crippen molar-refractivity contribution < 1.29 is 17.9 Å². The molecule has 0 aliphatic heterocycles. The van der Waals surface area contributed by atoms with Crippen molar-refractivity contribution in [3.8, 4) is 11.5 Å². The quantitative estimate of drug-likeness (QED) is 0.694. The normalized spacial score (nSPS) is 11.5. The van der Waals surface area contributed by atoms with E-state index in [1.54, 1.807) is 11.8 Å². The maximum Gasteiger partial charge on any atom is 0.263 e. The second-order valence-corrected chi connectivity index (χ2v) is 9.13. The highest BCUT2D eigenvalue weighted by molar-refractivity contribution is 8.01. The molecule has 10 heteroatoms. The number of nitrogens with one attached hydrogen (secondary N) is 1. The maximum atomic E-state index is 12.5. The predicted molar refractivity (Wildman–Crippen MR) is 95.8 cm³/mol. The summed E-state index contributed by atoms with van der Waals surface area (Å²) in [5.41, 5.74) is 0. The van der Waals surface area contributed by atoms with Crippen LogP contribution in [-0.2, 0) is 10.0 Å². The van der Waals surface area contributed by atoms with E-state index in [9.17, 15) is 8.42 Å². The molecular weight excluding hydrogens is 370 g/mol. The first-order valence-electron chi connectivity index (χ1n) is 7.07. The van der Waals surface area contributed by atoms with Gasteiger partial charge in [0.25, 0.3) is 10.0 Å². The largest absolute Gasteiger partial charge is 0.493 e. The van der Waals surface area contributed by atoms with Gasteiger partial charge in [-0.2, -0.15) is 0 Å². The van der Waals surface area contributed by atoms with E-state index in [1.807, 2.05) is 0 Å². The van der Waals surface area contributed by atoms with Gasteiger partial charge in [-0.3, -0.25) is 4.72 Å². The number of methoxy groups -OCH3 is 2. The molecule has 0 spiro atoms. The molecule has 0 unspecified atom stereocenters. The van der Waals surface area contributed by atoms with Crippen LogP contribution in [0.15, 0.2) is 27.4 Å². The van der Waals surface area contributed by atoms with Gasteiger partial charge in [0.2, 0.25) is 5.13 Å². The molecule has 0 amide bonds. The van der Waals surface area contributed by atoms with Crippen molar-refractivity contribution in [2.45, 2.75) is 23.1 Å². The zero-order valence-corrected chi connectivity index (χ0v) is 16.2. The first-order valence-corrected chi connectivity index (χ1v) is 10.4. The summed E-state index contributed by atoms with van der Waals surface area (Å²) in [5, 5.41) is 8.10. The van der Waals surface area contributed by atoms with E-state index in [2.05, 4.69) is 28.8 Å². The van der Waals surface area contributed by atoms with E-state index in [0.29, 0.717) is 17.4 Å². The number of benzene rings is 1. The molecule has 132 valence electrons. The van der Waals surface area contributed by atoms with E-state index < -0.39 is 10.0 Å². The van der Waals surface area contributed by atoms with Gasteiger partial charge in [-0.15, -0.1) is 10.2 Å². The molecule has 24 heavy (non-hydrogen) atoms.